The molecule has 1 aliphatic heterocycles. The van der Waals surface area contributed by atoms with Crippen LogP contribution in [0, 0.1) is 5.92 Å². The highest BCUT2D eigenvalue weighted by molar-refractivity contribution is 7.92. The van der Waals surface area contributed by atoms with Crippen molar-refractivity contribution in [1.82, 2.24) is 5.32 Å². The van der Waals surface area contributed by atoms with Crippen LogP contribution in [0.2, 0.25) is 0 Å². The molecule has 1 unspecified atom stereocenters. The van der Waals surface area contributed by atoms with E-state index in [-0.39, 0.29) is 5.25 Å². The second-order valence-electron chi connectivity index (χ2n) is 5.03. The van der Waals surface area contributed by atoms with Crippen molar-refractivity contribution in [2.24, 2.45) is 16.6 Å². The first kappa shape index (κ1) is 12.7. The maximum absolute atomic E-state index is 11.6. The van der Waals surface area contributed by atoms with Gasteiger partial charge in [-0.2, -0.15) is 0 Å². The zero-order chi connectivity index (χ0) is 12.3. The number of hydrogen-bond acceptors (Lipinski definition) is 3. The topological polar surface area (TPSA) is 84.5 Å². The molecule has 6 heteroatoms. The Hall–Kier alpha value is -0.780. The molecule has 1 saturated carbocycles. The molecule has 2 rings (SSSR count). The summed E-state index contributed by atoms with van der Waals surface area (Å²) in [5.41, 5.74) is 5.71. The van der Waals surface area contributed by atoms with Crippen molar-refractivity contribution in [2.75, 3.05) is 18.8 Å². The summed E-state index contributed by atoms with van der Waals surface area (Å²) in [6, 6.07) is 0. The molecule has 0 aromatic rings. The second kappa shape index (κ2) is 5.25. The minimum atomic E-state index is -2.88. The SMILES string of the molecule is NC(=NCC1CCC1)NCC1CCCS1(=O)=O. The third-order valence-corrected chi connectivity index (χ3v) is 5.99. The first-order chi connectivity index (χ1) is 8.08. The first-order valence-corrected chi connectivity index (χ1v) is 8.05. The van der Waals surface area contributed by atoms with Crippen LogP contribution in [0.25, 0.3) is 0 Å². The van der Waals surface area contributed by atoms with Gasteiger partial charge in [-0.05, 0) is 31.6 Å². The van der Waals surface area contributed by atoms with Gasteiger partial charge in [-0.1, -0.05) is 6.42 Å². The molecule has 0 aromatic carbocycles. The fourth-order valence-electron chi connectivity index (χ4n) is 2.26. The van der Waals surface area contributed by atoms with Crippen molar-refractivity contribution >= 4 is 15.8 Å². The Labute approximate surface area is 103 Å². The molecule has 1 aliphatic carbocycles. The Balaban J connectivity index is 1.73. The predicted molar refractivity (Wildman–Crippen MR) is 68.6 cm³/mol. The molecule has 98 valence electrons. The average Bonchev–Trinajstić information content (AvgIpc) is 2.52. The molecule has 3 N–H and O–H groups in total. The smallest absolute Gasteiger partial charge is 0.188 e. The number of nitrogens with one attached hydrogen (secondary N) is 1. The van der Waals surface area contributed by atoms with E-state index < -0.39 is 9.84 Å². The van der Waals surface area contributed by atoms with E-state index >= 15 is 0 Å². The number of nitrogens with two attached hydrogens (primary N) is 1. The van der Waals surface area contributed by atoms with Gasteiger partial charge in [-0.15, -0.1) is 0 Å². The van der Waals surface area contributed by atoms with Crippen molar-refractivity contribution in [2.45, 2.75) is 37.4 Å². The predicted octanol–water partition coefficient (Wildman–Crippen LogP) is 0.268. The number of rotatable bonds is 4. The number of sulfone groups is 1. The van der Waals surface area contributed by atoms with Crippen LogP contribution >= 0.6 is 0 Å². The summed E-state index contributed by atoms with van der Waals surface area (Å²) in [5.74, 6) is 1.39. The monoisotopic (exact) mass is 259 g/mol. The van der Waals surface area contributed by atoms with E-state index in [2.05, 4.69) is 10.3 Å². The molecule has 17 heavy (non-hydrogen) atoms. The Morgan fingerprint density at radius 3 is 2.59 bits per heavy atom. The van der Waals surface area contributed by atoms with Crippen molar-refractivity contribution in [3.63, 3.8) is 0 Å². The molecule has 0 bridgehead atoms. The highest BCUT2D eigenvalue weighted by atomic mass is 32.2. The number of nitrogens with zero attached hydrogens (tertiary/aromatic N) is 1. The van der Waals surface area contributed by atoms with Gasteiger partial charge in [0.05, 0.1) is 11.0 Å². The molecular formula is C11H21N3O2S. The summed E-state index contributed by atoms with van der Waals surface area (Å²) >= 11 is 0. The summed E-state index contributed by atoms with van der Waals surface area (Å²) in [6.45, 7) is 1.18. The minimum Gasteiger partial charge on any atom is -0.370 e. The summed E-state index contributed by atoms with van der Waals surface area (Å²) < 4.78 is 23.2. The fourth-order valence-corrected chi connectivity index (χ4v) is 4.03. The molecule has 2 aliphatic rings. The quantitative estimate of drug-likeness (QED) is 0.560. The molecule has 1 atom stereocenters. The molecule has 0 aromatic heterocycles. The highest BCUT2D eigenvalue weighted by Gasteiger charge is 2.30. The Kier molecular flexibility index (Phi) is 3.91. The lowest BCUT2D eigenvalue weighted by atomic mass is 9.86. The highest BCUT2D eigenvalue weighted by Crippen LogP contribution is 2.26. The molecular weight excluding hydrogens is 238 g/mol. The molecule has 1 saturated heterocycles. The van der Waals surface area contributed by atoms with Gasteiger partial charge < -0.3 is 11.1 Å². The van der Waals surface area contributed by atoms with Crippen LogP contribution in [-0.2, 0) is 9.84 Å². The van der Waals surface area contributed by atoms with Crippen LogP contribution in [0.5, 0.6) is 0 Å². The van der Waals surface area contributed by atoms with Gasteiger partial charge in [0.2, 0.25) is 0 Å². The maximum atomic E-state index is 11.6. The zero-order valence-electron chi connectivity index (χ0n) is 10.1. The average molecular weight is 259 g/mol. The summed E-state index contributed by atoms with van der Waals surface area (Å²) in [7, 11) is -2.88. The second-order valence-corrected chi connectivity index (χ2v) is 7.44. The lowest BCUT2D eigenvalue weighted by Crippen LogP contribution is -2.39. The van der Waals surface area contributed by atoms with Crippen LogP contribution in [0.3, 0.4) is 0 Å². The molecule has 0 radical (unpaired) electrons. The number of aliphatic imine (C=N–C) groups is 1. The van der Waals surface area contributed by atoms with E-state index in [0.717, 1.165) is 19.4 Å². The van der Waals surface area contributed by atoms with Crippen LogP contribution in [0.4, 0.5) is 0 Å². The van der Waals surface area contributed by atoms with E-state index in [1.165, 1.54) is 19.3 Å². The lowest BCUT2D eigenvalue weighted by Gasteiger charge is -2.23. The molecule has 1 heterocycles. The van der Waals surface area contributed by atoms with E-state index in [1.807, 2.05) is 0 Å². The van der Waals surface area contributed by atoms with Crippen molar-refractivity contribution in [3.05, 3.63) is 0 Å². The summed E-state index contributed by atoms with van der Waals surface area (Å²) in [5, 5.41) is 2.65. The molecule has 0 spiro atoms. The van der Waals surface area contributed by atoms with Gasteiger partial charge in [0.25, 0.3) is 0 Å². The van der Waals surface area contributed by atoms with Gasteiger partial charge in [0.15, 0.2) is 15.8 Å². The van der Waals surface area contributed by atoms with E-state index in [4.69, 9.17) is 5.73 Å². The van der Waals surface area contributed by atoms with Gasteiger partial charge in [0, 0.05) is 13.1 Å². The van der Waals surface area contributed by atoms with E-state index in [9.17, 15) is 8.42 Å². The fraction of sp³-hybridized carbons (Fsp3) is 0.909. The van der Waals surface area contributed by atoms with Crippen LogP contribution in [-0.4, -0.2) is 38.5 Å². The van der Waals surface area contributed by atoms with Crippen LogP contribution in [0.15, 0.2) is 4.99 Å². The largest absolute Gasteiger partial charge is 0.370 e. The molecule has 2 fully saturated rings. The third kappa shape index (κ3) is 3.34. The Morgan fingerprint density at radius 2 is 2.06 bits per heavy atom. The van der Waals surface area contributed by atoms with E-state index in [1.54, 1.807) is 0 Å². The minimum absolute atomic E-state index is 0.278. The maximum Gasteiger partial charge on any atom is 0.188 e. The summed E-state index contributed by atoms with van der Waals surface area (Å²) in [6.07, 6.45) is 5.30. The Bertz CT molecular complexity index is 388. The Morgan fingerprint density at radius 1 is 1.29 bits per heavy atom. The van der Waals surface area contributed by atoms with Crippen molar-refractivity contribution in [3.8, 4) is 0 Å². The lowest BCUT2D eigenvalue weighted by molar-refractivity contribution is 0.326. The summed E-state index contributed by atoms with van der Waals surface area (Å²) in [4.78, 5) is 4.24. The van der Waals surface area contributed by atoms with E-state index in [0.29, 0.717) is 24.2 Å². The standard InChI is InChI=1S/C11H21N3O2S/c12-11(13-7-9-3-1-4-9)14-8-10-5-2-6-17(10,15)16/h9-10H,1-8H2,(H3,12,13,14). The van der Waals surface area contributed by atoms with Gasteiger partial charge in [-0.25, -0.2) is 8.42 Å². The molecule has 0 amide bonds. The van der Waals surface area contributed by atoms with Gasteiger partial charge in [-0.3, -0.25) is 4.99 Å². The molecule has 5 nitrogen and oxygen atoms in total. The van der Waals surface area contributed by atoms with Crippen LogP contribution in [0.1, 0.15) is 32.1 Å². The third-order valence-electron chi connectivity index (χ3n) is 3.72. The number of hydrogen-bond donors (Lipinski definition) is 2. The number of guanidine groups is 1. The van der Waals surface area contributed by atoms with Gasteiger partial charge in [0.1, 0.15) is 0 Å². The van der Waals surface area contributed by atoms with Gasteiger partial charge >= 0.3 is 0 Å². The zero-order valence-corrected chi connectivity index (χ0v) is 10.9. The van der Waals surface area contributed by atoms with Crippen LogP contribution < -0.4 is 11.1 Å². The first-order valence-electron chi connectivity index (χ1n) is 6.33. The normalized spacial score (nSPS) is 28.9. The van der Waals surface area contributed by atoms with Crippen molar-refractivity contribution in [1.29, 1.82) is 0 Å². The van der Waals surface area contributed by atoms with Crippen molar-refractivity contribution < 1.29 is 8.42 Å².